The van der Waals surface area contributed by atoms with Gasteiger partial charge in [0.05, 0.1) is 6.61 Å². The normalized spacial score (nSPS) is 21.5. The minimum Gasteiger partial charge on any atom is -0.370 e. The molecule has 1 fully saturated rings. The van der Waals surface area contributed by atoms with Gasteiger partial charge in [0, 0.05) is 19.1 Å². The lowest BCUT2D eigenvalue weighted by molar-refractivity contribution is -0.143. The van der Waals surface area contributed by atoms with E-state index in [0.717, 1.165) is 19.5 Å². The van der Waals surface area contributed by atoms with E-state index in [-0.39, 0.29) is 12.5 Å². The summed E-state index contributed by atoms with van der Waals surface area (Å²) >= 11 is 0. The number of morpholine rings is 1. The summed E-state index contributed by atoms with van der Waals surface area (Å²) in [6, 6.07) is 0.386. The lowest BCUT2D eigenvalue weighted by atomic mass is 9.99. The molecule has 0 aromatic heterocycles. The van der Waals surface area contributed by atoms with Gasteiger partial charge in [0.15, 0.2) is 0 Å². The highest BCUT2D eigenvalue weighted by Crippen LogP contribution is 2.10. The van der Waals surface area contributed by atoms with Crippen LogP contribution in [-0.4, -0.2) is 50.2 Å². The lowest BCUT2D eigenvalue weighted by Gasteiger charge is -2.32. The van der Waals surface area contributed by atoms with Gasteiger partial charge in [-0.15, -0.1) is 0 Å². The molecule has 0 aromatic rings. The van der Waals surface area contributed by atoms with Gasteiger partial charge in [-0.05, 0) is 13.0 Å². The van der Waals surface area contributed by atoms with Crippen molar-refractivity contribution in [2.24, 2.45) is 5.92 Å². The number of likely N-dealkylation sites (N-methyl/N-ethyl adjacent to an activating group) is 1. The van der Waals surface area contributed by atoms with Gasteiger partial charge in [-0.2, -0.15) is 0 Å². The Morgan fingerprint density at radius 3 is 2.87 bits per heavy atom. The van der Waals surface area contributed by atoms with Crippen molar-refractivity contribution in [2.75, 3.05) is 33.4 Å². The molecule has 1 aliphatic rings. The monoisotopic (exact) mass is 214 g/mol. The van der Waals surface area contributed by atoms with E-state index >= 15 is 0 Å². The van der Waals surface area contributed by atoms with Crippen LogP contribution in [0.3, 0.4) is 0 Å². The number of carbonyl (C=O) groups excluding carboxylic acids is 1. The van der Waals surface area contributed by atoms with Gasteiger partial charge in [-0.1, -0.05) is 20.3 Å². The molecule has 1 aliphatic heterocycles. The Bertz CT molecular complexity index is 209. The molecule has 0 aromatic carbocycles. The average Bonchev–Trinajstić information content (AvgIpc) is 2.27. The number of ether oxygens (including phenoxy) is 1. The van der Waals surface area contributed by atoms with Crippen LogP contribution in [0.1, 0.15) is 20.3 Å². The summed E-state index contributed by atoms with van der Waals surface area (Å²) < 4.78 is 5.10. The molecule has 1 amide bonds. The first-order valence-electron chi connectivity index (χ1n) is 5.71. The van der Waals surface area contributed by atoms with E-state index in [0.29, 0.717) is 18.6 Å². The summed E-state index contributed by atoms with van der Waals surface area (Å²) in [5, 5.41) is 3.29. The maximum absolute atomic E-state index is 11.5. The first-order valence-corrected chi connectivity index (χ1v) is 5.71. The fourth-order valence-electron chi connectivity index (χ4n) is 1.82. The van der Waals surface area contributed by atoms with E-state index in [1.165, 1.54) is 0 Å². The van der Waals surface area contributed by atoms with E-state index in [9.17, 15) is 4.79 Å². The van der Waals surface area contributed by atoms with Gasteiger partial charge in [0.25, 0.3) is 0 Å². The largest absolute Gasteiger partial charge is 0.370 e. The zero-order chi connectivity index (χ0) is 11.3. The molecule has 4 nitrogen and oxygen atoms in total. The van der Waals surface area contributed by atoms with Crippen molar-refractivity contribution in [3.05, 3.63) is 0 Å². The first-order chi connectivity index (χ1) is 7.19. The van der Waals surface area contributed by atoms with Crippen molar-refractivity contribution in [3.8, 4) is 0 Å². The molecule has 0 radical (unpaired) electrons. The van der Waals surface area contributed by atoms with E-state index in [1.54, 1.807) is 0 Å². The quantitative estimate of drug-likeness (QED) is 0.724. The predicted molar refractivity (Wildman–Crippen MR) is 59.7 cm³/mol. The highest BCUT2D eigenvalue weighted by Gasteiger charge is 2.23. The molecule has 4 heteroatoms. The second-order valence-electron chi connectivity index (χ2n) is 4.17. The standard InChI is InChI=1S/C11H22N2O2/c1-4-9(2)10(12-3)7-13-5-6-15-8-11(13)14/h9-10,12H,4-8H2,1-3H3. The first kappa shape index (κ1) is 12.5. The third kappa shape index (κ3) is 3.47. The van der Waals surface area contributed by atoms with Crippen LogP contribution in [0, 0.1) is 5.92 Å². The number of hydrogen-bond donors (Lipinski definition) is 1. The topological polar surface area (TPSA) is 41.6 Å². The number of amides is 1. The second-order valence-corrected chi connectivity index (χ2v) is 4.17. The molecule has 1 rings (SSSR count). The highest BCUT2D eigenvalue weighted by molar-refractivity contribution is 5.78. The van der Waals surface area contributed by atoms with Crippen LogP contribution >= 0.6 is 0 Å². The zero-order valence-corrected chi connectivity index (χ0v) is 9.95. The number of carbonyl (C=O) groups is 1. The lowest BCUT2D eigenvalue weighted by Crippen LogP contribution is -2.49. The Labute approximate surface area is 92.0 Å². The molecule has 0 aliphatic carbocycles. The Morgan fingerprint density at radius 2 is 2.33 bits per heavy atom. The van der Waals surface area contributed by atoms with Crippen molar-refractivity contribution in [1.82, 2.24) is 10.2 Å². The Morgan fingerprint density at radius 1 is 1.60 bits per heavy atom. The molecule has 2 unspecified atom stereocenters. The molecule has 1 N–H and O–H groups in total. The van der Waals surface area contributed by atoms with Crippen LogP contribution in [0.2, 0.25) is 0 Å². The van der Waals surface area contributed by atoms with Crippen molar-refractivity contribution in [3.63, 3.8) is 0 Å². The molecular weight excluding hydrogens is 192 g/mol. The van der Waals surface area contributed by atoms with Crippen LogP contribution < -0.4 is 5.32 Å². The van der Waals surface area contributed by atoms with E-state index in [1.807, 2.05) is 11.9 Å². The maximum atomic E-state index is 11.5. The Hall–Kier alpha value is -0.610. The van der Waals surface area contributed by atoms with Crippen LogP contribution in [0.4, 0.5) is 0 Å². The van der Waals surface area contributed by atoms with Crippen LogP contribution in [0.5, 0.6) is 0 Å². The minimum atomic E-state index is 0.116. The third-order valence-corrected chi connectivity index (χ3v) is 3.20. The summed E-state index contributed by atoms with van der Waals surface area (Å²) in [5.74, 6) is 0.704. The van der Waals surface area contributed by atoms with Gasteiger partial charge >= 0.3 is 0 Å². The summed E-state index contributed by atoms with van der Waals surface area (Å²) in [7, 11) is 1.96. The molecule has 0 bridgehead atoms. The Balaban J connectivity index is 2.46. The van der Waals surface area contributed by atoms with Gasteiger partial charge in [0.2, 0.25) is 5.91 Å². The molecule has 88 valence electrons. The van der Waals surface area contributed by atoms with Crippen molar-refractivity contribution < 1.29 is 9.53 Å². The second kappa shape index (κ2) is 6.08. The van der Waals surface area contributed by atoms with Crippen molar-refractivity contribution >= 4 is 5.91 Å². The van der Waals surface area contributed by atoms with Crippen molar-refractivity contribution in [2.45, 2.75) is 26.3 Å². The number of rotatable bonds is 5. The van der Waals surface area contributed by atoms with Crippen LogP contribution in [-0.2, 0) is 9.53 Å². The van der Waals surface area contributed by atoms with Gasteiger partial charge in [-0.3, -0.25) is 4.79 Å². The SMILES string of the molecule is CCC(C)C(CN1CCOCC1=O)NC. The summed E-state index contributed by atoms with van der Waals surface area (Å²) in [4.78, 5) is 13.4. The van der Waals surface area contributed by atoms with Crippen LogP contribution in [0.25, 0.3) is 0 Å². The molecule has 0 saturated carbocycles. The van der Waals surface area contributed by atoms with E-state index in [4.69, 9.17) is 4.74 Å². The van der Waals surface area contributed by atoms with Crippen LogP contribution in [0.15, 0.2) is 0 Å². The molecule has 0 spiro atoms. The molecular formula is C11H22N2O2. The summed E-state index contributed by atoms with van der Waals surface area (Å²) in [6.45, 7) is 6.84. The third-order valence-electron chi connectivity index (χ3n) is 3.20. The zero-order valence-electron chi connectivity index (χ0n) is 9.95. The number of nitrogens with zero attached hydrogens (tertiary/aromatic N) is 1. The molecule has 1 heterocycles. The van der Waals surface area contributed by atoms with Crippen molar-refractivity contribution in [1.29, 1.82) is 0 Å². The smallest absolute Gasteiger partial charge is 0.248 e. The van der Waals surface area contributed by atoms with Gasteiger partial charge in [-0.25, -0.2) is 0 Å². The highest BCUT2D eigenvalue weighted by atomic mass is 16.5. The van der Waals surface area contributed by atoms with E-state index in [2.05, 4.69) is 19.2 Å². The Kier molecular flexibility index (Phi) is 5.05. The molecule has 15 heavy (non-hydrogen) atoms. The van der Waals surface area contributed by atoms with Gasteiger partial charge < -0.3 is 15.0 Å². The fraction of sp³-hybridized carbons (Fsp3) is 0.909. The summed E-state index contributed by atoms with van der Waals surface area (Å²) in [6.07, 6.45) is 1.13. The predicted octanol–water partition coefficient (Wildman–Crippen LogP) is 0.479. The minimum absolute atomic E-state index is 0.116. The number of hydrogen-bond acceptors (Lipinski definition) is 3. The molecule has 1 saturated heterocycles. The maximum Gasteiger partial charge on any atom is 0.248 e. The fourth-order valence-corrected chi connectivity index (χ4v) is 1.82. The summed E-state index contributed by atoms with van der Waals surface area (Å²) in [5.41, 5.74) is 0. The molecule has 2 atom stereocenters. The van der Waals surface area contributed by atoms with E-state index < -0.39 is 0 Å². The average molecular weight is 214 g/mol. The number of nitrogens with one attached hydrogen (secondary N) is 1. The van der Waals surface area contributed by atoms with Gasteiger partial charge in [0.1, 0.15) is 6.61 Å².